The van der Waals surface area contributed by atoms with Gasteiger partial charge < -0.3 is 10.2 Å². The minimum atomic E-state index is -0.337. The highest BCUT2D eigenvalue weighted by molar-refractivity contribution is 7.99. The molecule has 2 amide bonds. The molecule has 5 nitrogen and oxygen atoms in total. The van der Waals surface area contributed by atoms with Crippen molar-refractivity contribution in [3.63, 3.8) is 0 Å². The van der Waals surface area contributed by atoms with Crippen molar-refractivity contribution in [2.45, 2.75) is 43.1 Å². The quantitative estimate of drug-likeness (QED) is 0.791. The Labute approximate surface area is 174 Å². The van der Waals surface area contributed by atoms with Gasteiger partial charge in [-0.25, -0.2) is 4.39 Å². The van der Waals surface area contributed by atoms with E-state index >= 15 is 0 Å². The highest BCUT2D eigenvalue weighted by Gasteiger charge is 2.30. The van der Waals surface area contributed by atoms with E-state index < -0.39 is 0 Å². The molecule has 29 heavy (non-hydrogen) atoms. The van der Waals surface area contributed by atoms with Gasteiger partial charge in [0.05, 0.1) is 0 Å². The first-order valence-electron chi connectivity index (χ1n) is 9.83. The second-order valence-electron chi connectivity index (χ2n) is 7.46. The zero-order chi connectivity index (χ0) is 20.2. The number of halogens is 1. The molecule has 2 aliphatic heterocycles. The fourth-order valence-electron chi connectivity index (χ4n) is 3.80. The largest absolute Gasteiger partial charge is 0.338 e. The summed E-state index contributed by atoms with van der Waals surface area (Å²) in [5.41, 5.74) is 2.76. The molecule has 1 fully saturated rings. The van der Waals surface area contributed by atoms with Gasteiger partial charge in [-0.3, -0.25) is 14.9 Å². The first kappa shape index (κ1) is 19.9. The molecule has 0 bridgehead atoms. The minimum absolute atomic E-state index is 0.0598. The van der Waals surface area contributed by atoms with Crippen LogP contribution in [0.15, 0.2) is 48.5 Å². The number of amides is 2. The van der Waals surface area contributed by atoms with Gasteiger partial charge in [0, 0.05) is 37.7 Å². The van der Waals surface area contributed by atoms with Crippen molar-refractivity contribution in [2.24, 2.45) is 0 Å². The van der Waals surface area contributed by atoms with Crippen molar-refractivity contribution in [2.75, 3.05) is 6.54 Å². The number of rotatable bonds is 5. The van der Waals surface area contributed by atoms with Crippen LogP contribution in [0.4, 0.5) is 4.39 Å². The van der Waals surface area contributed by atoms with Crippen molar-refractivity contribution < 1.29 is 14.0 Å². The summed E-state index contributed by atoms with van der Waals surface area (Å²) in [4.78, 5) is 26.8. The van der Waals surface area contributed by atoms with E-state index in [0.717, 1.165) is 6.42 Å². The predicted molar refractivity (Wildman–Crippen MR) is 111 cm³/mol. The Balaban J connectivity index is 1.32. The lowest BCUT2D eigenvalue weighted by Gasteiger charge is -2.34. The molecule has 0 aliphatic carbocycles. The lowest BCUT2D eigenvalue weighted by Crippen LogP contribution is -2.56. The zero-order valence-electron chi connectivity index (χ0n) is 16.1. The molecule has 2 aliphatic rings. The maximum atomic E-state index is 13.8. The number of nitrogens with one attached hydrogen (secondary N) is 2. The Morgan fingerprint density at radius 2 is 1.90 bits per heavy atom. The van der Waals surface area contributed by atoms with E-state index in [0.29, 0.717) is 24.4 Å². The zero-order valence-corrected chi connectivity index (χ0v) is 16.9. The molecule has 2 aromatic carbocycles. The smallest absolute Gasteiger partial charge is 0.224 e. The second kappa shape index (κ2) is 8.97. The molecule has 2 atom stereocenters. The molecule has 0 aromatic heterocycles. The van der Waals surface area contributed by atoms with Gasteiger partial charge in [0.2, 0.25) is 11.8 Å². The number of thioether (sulfide) groups is 1. The Kier molecular flexibility index (Phi) is 6.16. The van der Waals surface area contributed by atoms with Crippen LogP contribution in [0, 0.1) is 5.82 Å². The summed E-state index contributed by atoms with van der Waals surface area (Å²) in [6.45, 7) is 1.33. The van der Waals surface area contributed by atoms with Gasteiger partial charge in [-0.15, -0.1) is 11.8 Å². The molecular weight excluding hydrogens is 389 g/mol. The summed E-state index contributed by atoms with van der Waals surface area (Å²) in [5.74, 6) is 0.161. The fourth-order valence-corrected chi connectivity index (χ4v) is 4.89. The molecule has 1 saturated heterocycles. The molecule has 4 rings (SSSR count). The SMILES string of the molecule is O=C1CC(CC(=O)N2CCc3ccccc3C2)NC(SCc2ccccc2F)N1. The van der Waals surface area contributed by atoms with E-state index in [1.807, 2.05) is 17.0 Å². The van der Waals surface area contributed by atoms with Crippen LogP contribution in [0.1, 0.15) is 29.5 Å². The van der Waals surface area contributed by atoms with Crippen LogP contribution in [0.3, 0.4) is 0 Å². The summed E-state index contributed by atoms with van der Waals surface area (Å²) in [6, 6.07) is 14.6. The molecule has 152 valence electrons. The second-order valence-corrected chi connectivity index (χ2v) is 8.55. The summed E-state index contributed by atoms with van der Waals surface area (Å²) in [7, 11) is 0. The van der Waals surface area contributed by atoms with Crippen molar-refractivity contribution in [1.82, 2.24) is 15.5 Å². The summed E-state index contributed by atoms with van der Waals surface area (Å²) in [5, 5.41) is 6.19. The number of hydrogen-bond donors (Lipinski definition) is 2. The van der Waals surface area contributed by atoms with Crippen LogP contribution in [-0.4, -0.2) is 34.8 Å². The highest BCUT2D eigenvalue weighted by Crippen LogP contribution is 2.22. The van der Waals surface area contributed by atoms with E-state index in [2.05, 4.69) is 22.8 Å². The lowest BCUT2D eigenvalue weighted by atomic mass is 9.99. The Morgan fingerprint density at radius 1 is 1.14 bits per heavy atom. The average molecular weight is 414 g/mol. The Hall–Kier alpha value is -2.38. The van der Waals surface area contributed by atoms with E-state index in [1.54, 1.807) is 18.2 Å². The van der Waals surface area contributed by atoms with Crippen LogP contribution in [0.5, 0.6) is 0 Å². The van der Waals surface area contributed by atoms with Crippen LogP contribution in [0.2, 0.25) is 0 Å². The molecule has 0 spiro atoms. The third-order valence-corrected chi connectivity index (χ3v) is 6.44. The molecule has 7 heteroatoms. The van der Waals surface area contributed by atoms with Gasteiger partial charge in [0.1, 0.15) is 11.3 Å². The van der Waals surface area contributed by atoms with Gasteiger partial charge in [-0.2, -0.15) is 0 Å². The van der Waals surface area contributed by atoms with Gasteiger partial charge >= 0.3 is 0 Å². The van der Waals surface area contributed by atoms with Crippen LogP contribution >= 0.6 is 11.8 Å². The fraction of sp³-hybridized carbons (Fsp3) is 0.364. The van der Waals surface area contributed by atoms with Crippen LogP contribution in [-0.2, 0) is 28.3 Å². The molecule has 0 radical (unpaired) electrons. The molecule has 2 heterocycles. The van der Waals surface area contributed by atoms with Gasteiger partial charge in [0.15, 0.2) is 0 Å². The molecule has 2 aromatic rings. The van der Waals surface area contributed by atoms with Crippen LogP contribution < -0.4 is 10.6 Å². The van der Waals surface area contributed by atoms with E-state index in [-0.39, 0.29) is 42.0 Å². The van der Waals surface area contributed by atoms with Gasteiger partial charge in [-0.05, 0) is 29.2 Å². The summed E-state index contributed by atoms with van der Waals surface area (Å²) < 4.78 is 13.8. The number of carbonyl (C=O) groups is 2. The standard InChI is InChI=1S/C22H24FN3O2S/c23-19-8-4-3-7-17(19)14-29-22-24-18(11-20(27)25-22)12-21(28)26-10-9-15-5-1-2-6-16(15)13-26/h1-8,18,22,24H,9-14H2,(H,25,27). The van der Waals surface area contributed by atoms with Crippen molar-refractivity contribution in [3.05, 3.63) is 71.0 Å². The number of fused-ring (bicyclic) bond motifs is 1. The van der Waals surface area contributed by atoms with E-state index in [4.69, 9.17) is 0 Å². The summed E-state index contributed by atoms with van der Waals surface area (Å²) >= 11 is 1.42. The van der Waals surface area contributed by atoms with Gasteiger partial charge in [0.25, 0.3) is 0 Å². The van der Waals surface area contributed by atoms with Crippen molar-refractivity contribution >= 4 is 23.6 Å². The normalized spacial score (nSPS) is 21.4. The summed E-state index contributed by atoms with van der Waals surface area (Å²) in [6.07, 6.45) is 1.42. The van der Waals surface area contributed by atoms with Crippen molar-refractivity contribution in [1.29, 1.82) is 0 Å². The molecule has 2 N–H and O–H groups in total. The number of benzene rings is 2. The third kappa shape index (κ3) is 4.97. The topological polar surface area (TPSA) is 61.4 Å². The average Bonchev–Trinajstić information content (AvgIpc) is 2.72. The Bertz CT molecular complexity index is 907. The van der Waals surface area contributed by atoms with Gasteiger partial charge in [-0.1, -0.05) is 42.5 Å². The lowest BCUT2D eigenvalue weighted by molar-refractivity contribution is -0.133. The maximum Gasteiger partial charge on any atom is 0.224 e. The highest BCUT2D eigenvalue weighted by atomic mass is 32.2. The van der Waals surface area contributed by atoms with Crippen LogP contribution in [0.25, 0.3) is 0 Å². The maximum absolute atomic E-state index is 13.8. The third-order valence-electron chi connectivity index (χ3n) is 5.38. The molecule has 0 saturated carbocycles. The minimum Gasteiger partial charge on any atom is -0.338 e. The number of nitrogens with zero attached hydrogens (tertiary/aromatic N) is 1. The first-order valence-corrected chi connectivity index (χ1v) is 10.9. The predicted octanol–water partition coefficient (Wildman–Crippen LogP) is 2.80. The first-order chi connectivity index (χ1) is 14.1. The monoisotopic (exact) mass is 413 g/mol. The molecular formula is C22H24FN3O2S. The number of carbonyl (C=O) groups excluding carboxylic acids is 2. The Morgan fingerprint density at radius 3 is 2.72 bits per heavy atom. The van der Waals surface area contributed by atoms with E-state index in [1.165, 1.54) is 29.0 Å². The molecule has 2 unspecified atom stereocenters. The van der Waals surface area contributed by atoms with Crippen molar-refractivity contribution in [3.8, 4) is 0 Å². The number of hydrogen-bond acceptors (Lipinski definition) is 4. The van der Waals surface area contributed by atoms with E-state index in [9.17, 15) is 14.0 Å².